The fourth-order valence-electron chi connectivity index (χ4n) is 2.44. The first-order chi connectivity index (χ1) is 13.0. The second-order valence-electron chi connectivity index (χ2n) is 5.93. The van der Waals surface area contributed by atoms with Crippen LogP contribution in [0.15, 0.2) is 57.7 Å². The maximum absolute atomic E-state index is 12.4. The molecule has 0 saturated heterocycles. The number of rotatable bonds is 7. The van der Waals surface area contributed by atoms with E-state index in [-0.39, 0.29) is 17.6 Å². The molecule has 8 heteroatoms. The first kappa shape index (κ1) is 18.2. The van der Waals surface area contributed by atoms with Gasteiger partial charge in [0.25, 0.3) is 5.91 Å². The Bertz CT molecular complexity index is 900. The fourth-order valence-corrected chi connectivity index (χ4v) is 2.44. The average Bonchev–Trinajstić information content (AvgIpc) is 3.33. The fraction of sp³-hybridized carbons (Fsp3) is 0.211. The maximum Gasteiger partial charge on any atom is 0.291 e. The minimum atomic E-state index is -0.439. The van der Waals surface area contributed by atoms with Gasteiger partial charge in [-0.1, -0.05) is 12.1 Å². The molecule has 2 aromatic heterocycles. The molecule has 0 fully saturated rings. The quantitative estimate of drug-likeness (QED) is 0.587. The van der Waals surface area contributed by atoms with Gasteiger partial charge in [-0.3, -0.25) is 9.59 Å². The maximum atomic E-state index is 12.4. The van der Waals surface area contributed by atoms with Gasteiger partial charge in [-0.15, -0.1) is 0 Å². The van der Waals surface area contributed by atoms with Gasteiger partial charge in [0.15, 0.2) is 11.6 Å². The van der Waals surface area contributed by atoms with Crippen LogP contribution >= 0.6 is 0 Å². The van der Waals surface area contributed by atoms with Crippen molar-refractivity contribution in [2.45, 2.75) is 26.3 Å². The number of hydrogen-bond donors (Lipinski definition) is 3. The van der Waals surface area contributed by atoms with Gasteiger partial charge in [-0.25, -0.2) is 0 Å². The lowest BCUT2D eigenvalue weighted by Crippen LogP contribution is -2.34. The van der Waals surface area contributed by atoms with E-state index in [1.807, 2.05) is 6.92 Å². The third kappa shape index (κ3) is 4.75. The number of amides is 2. The van der Waals surface area contributed by atoms with Crippen LogP contribution in [0.25, 0.3) is 0 Å². The van der Waals surface area contributed by atoms with Gasteiger partial charge < -0.3 is 24.9 Å². The van der Waals surface area contributed by atoms with Crippen LogP contribution in [-0.4, -0.2) is 23.0 Å². The van der Waals surface area contributed by atoms with E-state index >= 15 is 0 Å². The Kier molecular flexibility index (Phi) is 5.55. The Balaban J connectivity index is 1.58. The summed E-state index contributed by atoms with van der Waals surface area (Å²) in [7, 11) is 0. The molecule has 0 aliphatic heterocycles. The lowest BCUT2D eigenvalue weighted by molar-refractivity contribution is -0.117. The number of nitrogens with one attached hydrogen (secondary N) is 3. The topological polar surface area (TPSA) is 109 Å². The van der Waals surface area contributed by atoms with Crippen molar-refractivity contribution in [3.63, 3.8) is 0 Å². The zero-order valence-electron chi connectivity index (χ0n) is 15.0. The van der Waals surface area contributed by atoms with Crippen LogP contribution in [0.2, 0.25) is 0 Å². The Labute approximate surface area is 155 Å². The molecular weight excluding hydrogens is 348 g/mol. The van der Waals surface area contributed by atoms with Crippen molar-refractivity contribution in [3.05, 3.63) is 60.2 Å². The number of aromatic nitrogens is 1. The van der Waals surface area contributed by atoms with Gasteiger partial charge in [0, 0.05) is 17.4 Å². The van der Waals surface area contributed by atoms with E-state index in [4.69, 9.17) is 8.94 Å². The summed E-state index contributed by atoms with van der Waals surface area (Å²) in [6.45, 7) is 3.66. The number of furan rings is 1. The average molecular weight is 368 g/mol. The molecule has 2 amide bonds. The van der Waals surface area contributed by atoms with E-state index in [1.165, 1.54) is 6.26 Å². The van der Waals surface area contributed by atoms with Crippen molar-refractivity contribution >= 4 is 29.0 Å². The van der Waals surface area contributed by atoms with Crippen LogP contribution in [0.5, 0.6) is 0 Å². The smallest absolute Gasteiger partial charge is 0.291 e. The van der Waals surface area contributed by atoms with Crippen molar-refractivity contribution in [3.8, 4) is 0 Å². The second-order valence-corrected chi connectivity index (χ2v) is 5.93. The van der Waals surface area contributed by atoms with Crippen molar-refractivity contribution in [2.24, 2.45) is 0 Å². The molecule has 2 heterocycles. The molecule has 0 spiro atoms. The summed E-state index contributed by atoms with van der Waals surface area (Å²) in [5, 5.41) is 12.4. The van der Waals surface area contributed by atoms with E-state index in [0.717, 1.165) is 5.69 Å². The predicted octanol–water partition coefficient (Wildman–Crippen LogP) is 3.66. The lowest BCUT2D eigenvalue weighted by atomic mass is 10.2. The third-order valence-electron chi connectivity index (χ3n) is 3.83. The summed E-state index contributed by atoms with van der Waals surface area (Å²) in [6.07, 6.45) is 2.03. The normalized spacial score (nSPS) is 11.6. The lowest BCUT2D eigenvalue weighted by Gasteiger charge is -2.17. The molecule has 27 heavy (non-hydrogen) atoms. The highest BCUT2D eigenvalue weighted by Gasteiger charge is 2.18. The predicted molar refractivity (Wildman–Crippen MR) is 101 cm³/mol. The largest absolute Gasteiger partial charge is 0.459 e. The van der Waals surface area contributed by atoms with Crippen molar-refractivity contribution < 1.29 is 18.5 Å². The molecular formula is C19H20N4O4. The van der Waals surface area contributed by atoms with Gasteiger partial charge in [0.2, 0.25) is 5.91 Å². The summed E-state index contributed by atoms with van der Waals surface area (Å²) in [4.78, 5) is 24.3. The number of anilines is 3. The number of hydrogen-bond acceptors (Lipinski definition) is 6. The Hall–Kier alpha value is -3.55. The van der Waals surface area contributed by atoms with E-state index in [2.05, 4.69) is 21.1 Å². The summed E-state index contributed by atoms with van der Waals surface area (Å²) in [5.41, 5.74) is 1.38. The molecule has 1 atom stereocenters. The molecule has 140 valence electrons. The summed E-state index contributed by atoms with van der Waals surface area (Å²) in [5.74, 6) is 0.714. The van der Waals surface area contributed by atoms with E-state index in [1.54, 1.807) is 49.4 Å². The molecule has 0 aliphatic carbocycles. The molecule has 1 aromatic carbocycles. The Morgan fingerprint density at radius 3 is 2.44 bits per heavy atom. The molecule has 3 rings (SSSR count). The molecule has 0 aliphatic rings. The Morgan fingerprint density at radius 1 is 1.11 bits per heavy atom. The molecule has 3 aromatic rings. The van der Waals surface area contributed by atoms with Crippen molar-refractivity contribution in [1.29, 1.82) is 0 Å². The Morgan fingerprint density at radius 2 is 1.85 bits per heavy atom. The van der Waals surface area contributed by atoms with Crippen LogP contribution in [0.3, 0.4) is 0 Å². The van der Waals surface area contributed by atoms with Gasteiger partial charge in [0.1, 0.15) is 11.8 Å². The van der Waals surface area contributed by atoms with Crippen LogP contribution in [0, 0.1) is 6.92 Å². The van der Waals surface area contributed by atoms with Crippen LogP contribution in [0.4, 0.5) is 17.2 Å². The summed E-state index contributed by atoms with van der Waals surface area (Å²) in [6, 6.07) is 11.5. The molecule has 1 unspecified atom stereocenters. The second kappa shape index (κ2) is 8.22. The molecule has 3 N–H and O–H groups in total. The number of nitrogens with zero attached hydrogens (tertiary/aromatic N) is 1. The summed E-state index contributed by atoms with van der Waals surface area (Å²) >= 11 is 0. The first-order valence-electron chi connectivity index (χ1n) is 8.51. The minimum Gasteiger partial charge on any atom is -0.459 e. The van der Waals surface area contributed by atoms with Crippen molar-refractivity contribution in [2.75, 3.05) is 16.0 Å². The van der Waals surface area contributed by atoms with Crippen LogP contribution < -0.4 is 16.0 Å². The van der Waals surface area contributed by atoms with Gasteiger partial charge in [-0.05, 0) is 49.7 Å². The van der Waals surface area contributed by atoms with E-state index in [0.29, 0.717) is 23.7 Å². The highest BCUT2D eigenvalue weighted by Crippen LogP contribution is 2.17. The highest BCUT2D eigenvalue weighted by molar-refractivity contribution is 6.02. The van der Waals surface area contributed by atoms with Gasteiger partial charge >= 0.3 is 0 Å². The molecule has 8 nitrogen and oxygen atoms in total. The zero-order chi connectivity index (χ0) is 19.2. The van der Waals surface area contributed by atoms with Gasteiger partial charge in [-0.2, -0.15) is 0 Å². The third-order valence-corrected chi connectivity index (χ3v) is 3.83. The SMILES string of the molecule is CCC(Nc1ccc(NC(=O)c2ccco2)cc1)C(=O)Nc1cc(C)on1. The zero-order valence-corrected chi connectivity index (χ0v) is 15.0. The van der Waals surface area contributed by atoms with E-state index < -0.39 is 6.04 Å². The summed E-state index contributed by atoms with van der Waals surface area (Å²) < 4.78 is 10.00. The van der Waals surface area contributed by atoms with Gasteiger partial charge in [0.05, 0.1) is 6.26 Å². The number of benzene rings is 1. The molecule has 0 bridgehead atoms. The monoisotopic (exact) mass is 368 g/mol. The van der Waals surface area contributed by atoms with Crippen molar-refractivity contribution in [1.82, 2.24) is 5.16 Å². The highest BCUT2D eigenvalue weighted by atomic mass is 16.5. The molecule has 0 saturated carbocycles. The number of carbonyl (C=O) groups excluding carboxylic acids is 2. The number of aryl methyl sites for hydroxylation is 1. The minimum absolute atomic E-state index is 0.207. The standard InChI is InChI=1S/C19H20N4O4/c1-3-15(18(24)22-17-11-12(2)27-23-17)20-13-6-8-14(9-7-13)21-19(25)16-5-4-10-26-16/h4-11,15,20H,3H2,1-2H3,(H,21,25)(H,22,23,24). The van der Waals surface area contributed by atoms with E-state index in [9.17, 15) is 9.59 Å². The van der Waals surface area contributed by atoms with Crippen LogP contribution in [-0.2, 0) is 4.79 Å². The first-order valence-corrected chi connectivity index (χ1v) is 8.51. The molecule has 0 radical (unpaired) electrons. The van der Waals surface area contributed by atoms with Crippen LogP contribution in [0.1, 0.15) is 29.7 Å². The number of carbonyl (C=O) groups is 2.